The average molecular weight is 1510 g/mol. The summed E-state index contributed by atoms with van der Waals surface area (Å²) in [6, 6.07) is 130. The number of thiophene rings is 2. The molecule has 0 N–H and O–H groups in total. The van der Waals surface area contributed by atoms with Gasteiger partial charge >= 0.3 is 0 Å². The number of hydrogen-bond donors (Lipinski definition) is 0. The Balaban J connectivity index is 0.000000130. The molecule has 0 radical (unpaired) electrons. The van der Waals surface area contributed by atoms with Gasteiger partial charge in [0, 0.05) is 69.0 Å². The van der Waals surface area contributed by atoms with Crippen LogP contribution in [0.15, 0.2) is 373 Å². The fraction of sp³-hybridized carbons (Fsp3) is 0. The van der Waals surface area contributed by atoms with Crippen LogP contribution in [0.4, 0.5) is 0 Å². The van der Waals surface area contributed by atoms with Gasteiger partial charge in [-0.1, -0.05) is 285 Å². The monoisotopic (exact) mass is 1510 g/mol. The maximum Gasteiger partial charge on any atom is 0.164 e. The van der Waals surface area contributed by atoms with Crippen molar-refractivity contribution in [3.8, 4) is 67.8 Å². The van der Waals surface area contributed by atoms with E-state index in [1.807, 2.05) is 0 Å². The fourth-order valence-electron chi connectivity index (χ4n) is 18.6. The van der Waals surface area contributed by atoms with Crippen molar-refractivity contribution in [2.45, 2.75) is 0 Å². The van der Waals surface area contributed by atoms with Crippen molar-refractivity contribution in [1.82, 2.24) is 29.1 Å². The van der Waals surface area contributed by atoms with Gasteiger partial charge in [-0.15, -0.1) is 22.7 Å². The van der Waals surface area contributed by atoms with Crippen LogP contribution in [0.1, 0.15) is 0 Å². The lowest BCUT2D eigenvalue weighted by molar-refractivity contribution is 0.669. The maximum absolute atomic E-state index is 6.97. The first-order chi connectivity index (χ1) is 57.5. The van der Waals surface area contributed by atoms with Crippen LogP contribution in [0.2, 0.25) is 0 Å². The number of furan rings is 2. The summed E-state index contributed by atoms with van der Waals surface area (Å²) in [4.78, 5) is 21.6. The first-order valence-corrected chi connectivity index (χ1v) is 40.8. The zero-order valence-corrected chi connectivity index (χ0v) is 63.6. The Bertz CT molecular complexity index is 8610. The standard InChI is InChI=1S/C54H31N3OS.C52H29N3OS/c1-2-13-32(14-3-1)35-17-10-18-36(31-35)49-53-50(39-21-8-9-26-46(39)59-53)56-54(55-49)42-23-11-22-41-48-43(24-12-25-45(48)58-52(41)42)57-44-30-28-33-15-4-6-19-37(33)47(44)40-29-27-34-16-5-7-20-38(34)51(40)57;1-2-14-33-29-34(24-23-30(33)11-1)48-51-49(37-17-7-8-22-44(37)57-51)54-52(53-48)39-19-9-18-38-45-40(20-10-21-43(45)56-50(38)39)55-41-27-25-31-12-3-5-15-35(31)46(41)47-36-16-6-4-13-32(36)26-28-42(47)55/h1-31H;1-29H. The highest BCUT2D eigenvalue weighted by atomic mass is 32.1. The third-order valence-electron chi connectivity index (χ3n) is 23.8. The quantitative estimate of drug-likeness (QED) is 0.158. The zero-order valence-electron chi connectivity index (χ0n) is 62.0. The highest BCUT2D eigenvalue weighted by molar-refractivity contribution is 7.26. The van der Waals surface area contributed by atoms with Crippen molar-refractivity contribution in [2.24, 2.45) is 0 Å². The summed E-state index contributed by atoms with van der Waals surface area (Å²) < 4.78 is 23.3. The Morgan fingerprint density at radius 3 is 1.22 bits per heavy atom. The lowest BCUT2D eigenvalue weighted by Gasteiger charge is -2.12. The number of nitrogens with zero attached hydrogens (tertiary/aromatic N) is 6. The Kier molecular flexibility index (Phi) is 14.1. The largest absolute Gasteiger partial charge is 0.455 e. The van der Waals surface area contributed by atoms with E-state index in [9.17, 15) is 0 Å². The Hall–Kier alpha value is -14.9. The number of aromatic nitrogens is 6. The van der Waals surface area contributed by atoms with Crippen molar-refractivity contribution in [3.05, 3.63) is 364 Å². The predicted molar refractivity (Wildman–Crippen MR) is 488 cm³/mol. The second kappa shape index (κ2) is 25.3. The van der Waals surface area contributed by atoms with Gasteiger partial charge in [0.05, 0.1) is 87.2 Å². The summed E-state index contributed by atoms with van der Waals surface area (Å²) in [6.45, 7) is 0. The average Bonchev–Trinajstić information content (AvgIpc) is 1.55. The van der Waals surface area contributed by atoms with Crippen LogP contribution in [-0.4, -0.2) is 29.1 Å². The van der Waals surface area contributed by atoms with Crippen LogP contribution in [-0.2, 0) is 0 Å². The van der Waals surface area contributed by atoms with Gasteiger partial charge in [0.15, 0.2) is 11.6 Å². The van der Waals surface area contributed by atoms with E-state index in [1.165, 1.54) is 95.9 Å². The second-order valence-electron chi connectivity index (χ2n) is 30.1. The molecule has 0 bridgehead atoms. The molecule has 18 aromatic carbocycles. The molecular weight excluding hydrogens is 1450 g/mol. The third kappa shape index (κ3) is 9.72. The van der Waals surface area contributed by atoms with Crippen LogP contribution in [0, 0.1) is 0 Å². The smallest absolute Gasteiger partial charge is 0.164 e. The van der Waals surface area contributed by atoms with E-state index in [0.29, 0.717) is 11.6 Å². The summed E-state index contributed by atoms with van der Waals surface area (Å²) in [7, 11) is 0. The molecule has 8 nitrogen and oxygen atoms in total. The molecular formula is C106H60N6O2S2. The molecule has 0 atom stereocenters. The second-order valence-corrected chi connectivity index (χ2v) is 32.2. The van der Waals surface area contributed by atoms with Crippen LogP contribution < -0.4 is 0 Å². The highest BCUT2D eigenvalue weighted by Crippen LogP contribution is 2.50. The minimum absolute atomic E-state index is 0.640. The lowest BCUT2D eigenvalue weighted by Crippen LogP contribution is -1.96. The number of rotatable bonds is 7. The summed E-state index contributed by atoms with van der Waals surface area (Å²) in [5, 5.41) is 23.7. The van der Waals surface area contributed by atoms with Gasteiger partial charge in [0.25, 0.3) is 0 Å². The summed E-state index contributed by atoms with van der Waals surface area (Å²) in [6.07, 6.45) is 0. The first kappa shape index (κ1) is 64.7. The predicted octanol–water partition coefficient (Wildman–Crippen LogP) is 29.8. The maximum atomic E-state index is 6.97. The molecule has 10 heteroatoms. The molecule has 26 aromatic rings. The van der Waals surface area contributed by atoms with Crippen LogP contribution in [0.3, 0.4) is 0 Å². The van der Waals surface area contributed by atoms with E-state index >= 15 is 0 Å². The first-order valence-electron chi connectivity index (χ1n) is 39.1. The third-order valence-corrected chi connectivity index (χ3v) is 26.1. The Labute approximate surface area is 669 Å². The molecule has 116 heavy (non-hydrogen) atoms. The molecule has 26 rings (SSSR count). The topological polar surface area (TPSA) is 87.7 Å². The van der Waals surface area contributed by atoms with E-state index in [-0.39, 0.29) is 0 Å². The van der Waals surface area contributed by atoms with Crippen LogP contribution in [0.25, 0.3) is 250 Å². The number of fused-ring (bicyclic) bond motifs is 27. The van der Waals surface area contributed by atoms with Crippen molar-refractivity contribution in [3.63, 3.8) is 0 Å². The van der Waals surface area contributed by atoms with Crippen molar-refractivity contribution in [1.29, 1.82) is 0 Å². The molecule has 0 fully saturated rings. The van der Waals surface area contributed by atoms with Crippen molar-refractivity contribution in [2.75, 3.05) is 0 Å². The number of benzene rings is 18. The van der Waals surface area contributed by atoms with Gasteiger partial charge in [-0.2, -0.15) is 0 Å². The van der Waals surface area contributed by atoms with Crippen LogP contribution >= 0.6 is 22.7 Å². The number of hydrogen-bond acceptors (Lipinski definition) is 8. The molecule has 538 valence electrons. The van der Waals surface area contributed by atoms with Gasteiger partial charge in [-0.25, -0.2) is 19.9 Å². The van der Waals surface area contributed by atoms with E-state index in [0.717, 1.165) is 142 Å². The Morgan fingerprint density at radius 2 is 0.647 bits per heavy atom. The SMILES string of the molecule is c1ccc(-c2cccc(-c3nc(-c4cccc5c4oc4cccc(-n6c7ccc8ccccc8c7c7ccc8ccccc8c76)c45)nc4c3sc3ccccc34)c2)cc1.c1ccc2cc(-c3nc(-c4cccc5c4oc4cccc(-n6c7ccc8ccccc8c7c7c8ccccc8ccc76)c45)nc4c3sc3ccccc34)ccc2c1. The van der Waals surface area contributed by atoms with Gasteiger partial charge in [-0.3, -0.25) is 0 Å². The van der Waals surface area contributed by atoms with E-state index in [4.69, 9.17) is 28.8 Å². The van der Waals surface area contributed by atoms with Gasteiger partial charge in [-0.05, 0) is 138 Å². The van der Waals surface area contributed by atoms with E-state index in [2.05, 4.69) is 373 Å². The van der Waals surface area contributed by atoms with E-state index < -0.39 is 0 Å². The molecule has 0 aliphatic carbocycles. The summed E-state index contributed by atoms with van der Waals surface area (Å²) in [5.74, 6) is 1.29. The summed E-state index contributed by atoms with van der Waals surface area (Å²) in [5.41, 5.74) is 19.9. The number of para-hydroxylation sites is 2. The molecule has 8 heterocycles. The minimum Gasteiger partial charge on any atom is -0.455 e. The van der Waals surface area contributed by atoms with Gasteiger partial charge < -0.3 is 18.0 Å². The molecule has 0 aliphatic heterocycles. The molecule has 0 spiro atoms. The van der Waals surface area contributed by atoms with Crippen molar-refractivity contribution < 1.29 is 8.83 Å². The summed E-state index contributed by atoms with van der Waals surface area (Å²) >= 11 is 3.50. The lowest BCUT2D eigenvalue weighted by atomic mass is 10.00. The molecule has 0 aliphatic rings. The minimum atomic E-state index is 0.640. The molecule has 0 amide bonds. The van der Waals surface area contributed by atoms with E-state index in [1.54, 1.807) is 22.7 Å². The molecule has 0 saturated heterocycles. The zero-order chi connectivity index (χ0) is 75.8. The molecule has 0 unspecified atom stereocenters. The van der Waals surface area contributed by atoms with Crippen molar-refractivity contribution >= 4 is 205 Å². The normalized spacial score (nSPS) is 12.1. The molecule has 8 aromatic heterocycles. The fourth-order valence-corrected chi connectivity index (χ4v) is 20.9. The van der Waals surface area contributed by atoms with Gasteiger partial charge in [0.1, 0.15) is 22.3 Å². The molecule has 0 saturated carbocycles. The van der Waals surface area contributed by atoms with Gasteiger partial charge in [0.2, 0.25) is 0 Å². The highest BCUT2D eigenvalue weighted by Gasteiger charge is 2.28. The van der Waals surface area contributed by atoms with Crippen LogP contribution in [0.5, 0.6) is 0 Å². The Morgan fingerprint density at radius 1 is 0.241 bits per heavy atom.